The molecule has 3 aromatic rings. The van der Waals surface area contributed by atoms with Crippen LogP contribution in [0.2, 0.25) is 5.02 Å². The summed E-state index contributed by atoms with van der Waals surface area (Å²) in [5.41, 5.74) is 6.95. The maximum Gasteiger partial charge on any atom is 0.230 e. The van der Waals surface area contributed by atoms with Crippen molar-refractivity contribution in [2.45, 2.75) is 0 Å². The summed E-state index contributed by atoms with van der Waals surface area (Å²) in [6.45, 7) is 0. The molecular formula is C15H9ClF2N2O. The SMILES string of the molecule is Nc1onc(-c2ccccc2Cl)c1-c1ccc(F)cc1F. The number of halogens is 3. The minimum Gasteiger partial charge on any atom is -0.367 e. The van der Waals surface area contributed by atoms with Gasteiger partial charge in [-0.3, -0.25) is 0 Å². The van der Waals surface area contributed by atoms with Crippen molar-refractivity contribution < 1.29 is 13.3 Å². The molecule has 1 aromatic heterocycles. The Morgan fingerprint density at radius 1 is 1.05 bits per heavy atom. The van der Waals surface area contributed by atoms with Crippen molar-refractivity contribution in [3.63, 3.8) is 0 Å². The van der Waals surface area contributed by atoms with Gasteiger partial charge in [0.1, 0.15) is 17.3 Å². The van der Waals surface area contributed by atoms with Crippen LogP contribution >= 0.6 is 11.6 Å². The Balaban J connectivity index is 2.25. The Morgan fingerprint density at radius 2 is 1.81 bits per heavy atom. The van der Waals surface area contributed by atoms with Crippen molar-refractivity contribution in [1.29, 1.82) is 0 Å². The quantitative estimate of drug-likeness (QED) is 0.757. The highest BCUT2D eigenvalue weighted by Gasteiger charge is 2.21. The molecule has 0 aliphatic heterocycles. The molecule has 21 heavy (non-hydrogen) atoms. The summed E-state index contributed by atoms with van der Waals surface area (Å²) in [5, 5.41) is 4.27. The smallest absolute Gasteiger partial charge is 0.230 e. The molecule has 2 N–H and O–H groups in total. The number of nitrogen functional groups attached to an aromatic ring is 1. The van der Waals surface area contributed by atoms with Gasteiger partial charge in [0.15, 0.2) is 0 Å². The fourth-order valence-electron chi connectivity index (χ4n) is 2.09. The summed E-state index contributed by atoms with van der Waals surface area (Å²) < 4.78 is 32.0. The Morgan fingerprint density at radius 3 is 2.52 bits per heavy atom. The number of hydrogen-bond donors (Lipinski definition) is 1. The third kappa shape index (κ3) is 2.36. The zero-order chi connectivity index (χ0) is 15.0. The van der Waals surface area contributed by atoms with E-state index in [1.807, 2.05) is 0 Å². The molecule has 3 nitrogen and oxygen atoms in total. The average molecular weight is 307 g/mol. The molecule has 3 rings (SSSR count). The molecule has 0 spiro atoms. The molecule has 0 aliphatic rings. The molecule has 0 fully saturated rings. The van der Waals surface area contributed by atoms with E-state index in [1.54, 1.807) is 24.3 Å². The summed E-state index contributed by atoms with van der Waals surface area (Å²) in [6.07, 6.45) is 0. The Bertz CT molecular complexity index is 817. The maximum atomic E-state index is 14.0. The van der Waals surface area contributed by atoms with Crippen LogP contribution in [0.4, 0.5) is 14.7 Å². The average Bonchev–Trinajstić information content (AvgIpc) is 2.81. The van der Waals surface area contributed by atoms with E-state index in [0.29, 0.717) is 16.3 Å². The van der Waals surface area contributed by atoms with Gasteiger partial charge in [0, 0.05) is 17.2 Å². The largest absolute Gasteiger partial charge is 0.367 e. The number of rotatable bonds is 2. The molecule has 2 aromatic carbocycles. The Labute approximate surface area is 123 Å². The molecule has 106 valence electrons. The highest BCUT2D eigenvalue weighted by Crippen LogP contribution is 2.39. The standard InChI is InChI=1S/C15H9ClF2N2O/c16-11-4-2-1-3-9(11)14-13(15(19)21-20-14)10-6-5-8(17)7-12(10)18/h1-7H,19H2. The minimum atomic E-state index is -0.752. The number of hydrogen-bond acceptors (Lipinski definition) is 3. The van der Waals surface area contributed by atoms with E-state index >= 15 is 0 Å². The third-order valence-electron chi connectivity index (χ3n) is 3.05. The molecule has 0 bridgehead atoms. The zero-order valence-corrected chi connectivity index (χ0v) is 11.4. The predicted octanol–water partition coefficient (Wildman–Crippen LogP) is 4.52. The van der Waals surface area contributed by atoms with Crippen LogP contribution in [0.15, 0.2) is 47.0 Å². The summed E-state index contributed by atoms with van der Waals surface area (Å²) in [4.78, 5) is 0. The lowest BCUT2D eigenvalue weighted by Gasteiger charge is -2.05. The first-order valence-corrected chi connectivity index (χ1v) is 6.41. The molecule has 0 saturated heterocycles. The van der Waals surface area contributed by atoms with Crippen molar-refractivity contribution in [2.24, 2.45) is 0 Å². The van der Waals surface area contributed by atoms with Gasteiger partial charge < -0.3 is 10.3 Å². The van der Waals surface area contributed by atoms with Crippen LogP contribution in [0.3, 0.4) is 0 Å². The van der Waals surface area contributed by atoms with Gasteiger partial charge in [0.25, 0.3) is 0 Å². The number of benzene rings is 2. The Hall–Kier alpha value is -2.40. The predicted molar refractivity (Wildman–Crippen MR) is 76.7 cm³/mol. The maximum absolute atomic E-state index is 14.0. The van der Waals surface area contributed by atoms with E-state index < -0.39 is 11.6 Å². The molecule has 0 saturated carbocycles. The van der Waals surface area contributed by atoms with Crippen LogP contribution in [0.1, 0.15) is 0 Å². The number of anilines is 1. The summed E-state index contributed by atoms with van der Waals surface area (Å²) in [6, 6.07) is 10.1. The normalized spacial score (nSPS) is 10.8. The first-order chi connectivity index (χ1) is 10.1. The van der Waals surface area contributed by atoms with E-state index in [-0.39, 0.29) is 17.0 Å². The first-order valence-electron chi connectivity index (χ1n) is 6.03. The van der Waals surface area contributed by atoms with Gasteiger partial charge in [0.2, 0.25) is 5.88 Å². The number of nitrogens with zero attached hydrogens (tertiary/aromatic N) is 1. The lowest BCUT2D eigenvalue weighted by atomic mass is 10.0. The van der Waals surface area contributed by atoms with E-state index in [9.17, 15) is 8.78 Å². The van der Waals surface area contributed by atoms with E-state index in [2.05, 4.69) is 5.16 Å². The molecule has 0 unspecified atom stereocenters. The van der Waals surface area contributed by atoms with E-state index in [4.69, 9.17) is 21.9 Å². The van der Waals surface area contributed by atoms with Crippen LogP contribution in [-0.4, -0.2) is 5.16 Å². The lowest BCUT2D eigenvalue weighted by Crippen LogP contribution is -1.92. The topological polar surface area (TPSA) is 52.0 Å². The van der Waals surface area contributed by atoms with Gasteiger partial charge in [-0.25, -0.2) is 8.78 Å². The second kappa shape index (κ2) is 5.18. The van der Waals surface area contributed by atoms with Gasteiger partial charge in [0.05, 0.1) is 10.6 Å². The second-order valence-electron chi connectivity index (χ2n) is 4.37. The highest BCUT2D eigenvalue weighted by atomic mass is 35.5. The molecule has 0 amide bonds. The van der Waals surface area contributed by atoms with Crippen LogP contribution in [0.25, 0.3) is 22.4 Å². The molecule has 0 atom stereocenters. The summed E-state index contributed by atoms with van der Waals surface area (Å²) in [7, 11) is 0. The minimum absolute atomic E-state index is 0.0598. The number of aromatic nitrogens is 1. The fraction of sp³-hybridized carbons (Fsp3) is 0. The van der Waals surface area contributed by atoms with Gasteiger partial charge in [-0.05, 0) is 18.2 Å². The van der Waals surface area contributed by atoms with Gasteiger partial charge >= 0.3 is 0 Å². The monoisotopic (exact) mass is 306 g/mol. The molecular weight excluding hydrogens is 298 g/mol. The second-order valence-corrected chi connectivity index (χ2v) is 4.78. The van der Waals surface area contributed by atoms with Crippen molar-refractivity contribution in [2.75, 3.05) is 5.73 Å². The highest BCUT2D eigenvalue weighted by molar-refractivity contribution is 6.33. The van der Waals surface area contributed by atoms with Crippen LogP contribution < -0.4 is 5.73 Å². The summed E-state index contributed by atoms with van der Waals surface area (Å²) >= 11 is 6.12. The molecule has 0 aliphatic carbocycles. The molecule has 0 radical (unpaired) electrons. The summed E-state index contributed by atoms with van der Waals surface area (Å²) in [5.74, 6) is -1.49. The van der Waals surface area contributed by atoms with E-state index in [0.717, 1.165) is 12.1 Å². The molecule has 1 heterocycles. The van der Waals surface area contributed by atoms with Crippen molar-refractivity contribution in [1.82, 2.24) is 5.16 Å². The van der Waals surface area contributed by atoms with Crippen molar-refractivity contribution in [3.05, 3.63) is 59.1 Å². The van der Waals surface area contributed by atoms with Gasteiger partial charge in [-0.15, -0.1) is 0 Å². The van der Waals surface area contributed by atoms with Crippen molar-refractivity contribution in [3.8, 4) is 22.4 Å². The van der Waals surface area contributed by atoms with Crippen LogP contribution in [-0.2, 0) is 0 Å². The number of nitrogens with two attached hydrogens (primary N) is 1. The Kier molecular flexibility index (Phi) is 3.35. The molecule has 6 heteroatoms. The van der Waals surface area contributed by atoms with Crippen molar-refractivity contribution >= 4 is 17.5 Å². The zero-order valence-electron chi connectivity index (χ0n) is 10.6. The van der Waals surface area contributed by atoms with Crippen LogP contribution in [0.5, 0.6) is 0 Å². The fourth-order valence-corrected chi connectivity index (χ4v) is 2.32. The van der Waals surface area contributed by atoms with Gasteiger partial charge in [-0.1, -0.05) is 35.0 Å². The van der Waals surface area contributed by atoms with E-state index in [1.165, 1.54) is 6.07 Å². The third-order valence-corrected chi connectivity index (χ3v) is 3.38. The van der Waals surface area contributed by atoms with Gasteiger partial charge in [-0.2, -0.15) is 0 Å². The lowest BCUT2D eigenvalue weighted by molar-refractivity contribution is 0.439. The van der Waals surface area contributed by atoms with Crippen LogP contribution in [0, 0.1) is 11.6 Å². The first kappa shape index (κ1) is 13.6.